The number of nitrogens with two attached hydrogens (primary N) is 1. The number of nitrogens with one attached hydrogen (secondary N) is 2. The SMILES string of the molecule is CCn1ncc2c(N[C@H]3CCN(C(N)=O)C3)c(C(=O)N[C@H](C)c3ccc(C)cc3)cnc21. The van der Waals surface area contributed by atoms with Crippen molar-refractivity contribution >= 4 is 28.7 Å². The van der Waals surface area contributed by atoms with Gasteiger partial charge >= 0.3 is 6.03 Å². The summed E-state index contributed by atoms with van der Waals surface area (Å²) in [7, 11) is 0. The molecule has 0 bridgehead atoms. The van der Waals surface area contributed by atoms with E-state index in [1.165, 1.54) is 5.56 Å². The van der Waals surface area contributed by atoms with E-state index in [0.29, 0.717) is 36.5 Å². The van der Waals surface area contributed by atoms with Crippen molar-refractivity contribution in [2.45, 2.75) is 45.8 Å². The molecule has 9 nitrogen and oxygen atoms in total. The van der Waals surface area contributed by atoms with Gasteiger partial charge in [-0.05, 0) is 32.8 Å². The molecule has 9 heteroatoms. The molecule has 1 aliphatic rings. The summed E-state index contributed by atoms with van der Waals surface area (Å²) >= 11 is 0. The lowest BCUT2D eigenvalue weighted by atomic mass is 10.1. The van der Waals surface area contributed by atoms with Crippen LogP contribution < -0.4 is 16.4 Å². The maximum atomic E-state index is 13.3. The van der Waals surface area contributed by atoms with E-state index in [1.807, 2.05) is 45.0 Å². The van der Waals surface area contributed by atoms with Crippen LogP contribution in [0.4, 0.5) is 10.5 Å². The van der Waals surface area contributed by atoms with E-state index < -0.39 is 6.03 Å². The van der Waals surface area contributed by atoms with Gasteiger partial charge in [-0.15, -0.1) is 0 Å². The number of hydrogen-bond donors (Lipinski definition) is 3. The predicted molar refractivity (Wildman–Crippen MR) is 123 cm³/mol. The van der Waals surface area contributed by atoms with Crippen LogP contribution in [0, 0.1) is 6.92 Å². The van der Waals surface area contributed by atoms with Crippen LogP contribution in [0.25, 0.3) is 11.0 Å². The molecule has 0 aliphatic carbocycles. The number of amides is 3. The van der Waals surface area contributed by atoms with Crippen LogP contribution in [-0.2, 0) is 6.54 Å². The molecule has 2 aromatic heterocycles. The monoisotopic (exact) mass is 435 g/mol. The number of aromatic nitrogens is 3. The van der Waals surface area contributed by atoms with Crippen LogP contribution in [0.15, 0.2) is 36.7 Å². The lowest BCUT2D eigenvalue weighted by molar-refractivity contribution is 0.0940. The summed E-state index contributed by atoms with van der Waals surface area (Å²) in [5.74, 6) is -0.219. The highest BCUT2D eigenvalue weighted by Crippen LogP contribution is 2.29. The van der Waals surface area contributed by atoms with Crippen LogP contribution in [0.5, 0.6) is 0 Å². The lowest BCUT2D eigenvalue weighted by Crippen LogP contribution is -2.35. The molecule has 0 radical (unpaired) electrons. The number of aryl methyl sites for hydroxylation is 2. The summed E-state index contributed by atoms with van der Waals surface area (Å²) in [4.78, 5) is 30.9. The topological polar surface area (TPSA) is 118 Å². The van der Waals surface area contributed by atoms with Gasteiger partial charge in [-0.3, -0.25) is 4.79 Å². The molecule has 1 aromatic carbocycles. The Morgan fingerprint density at radius 3 is 2.66 bits per heavy atom. The summed E-state index contributed by atoms with van der Waals surface area (Å²) in [5.41, 5.74) is 9.47. The van der Waals surface area contributed by atoms with Crippen LogP contribution in [0.2, 0.25) is 0 Å². The molecule has 32 heavy (non-hydrogen) atoms. The van der Waals surface area contributed by atoms with Gasteiger partial charge in [0.2, 0.25) is 0 Å². The van der Waals surface area contributed by atoms with Gasteiger partial charge in [0.05, 0.1) is 28.9 Å². The molecule has 4 N–H and O–H groups in total. The van der Waals surface area contributed by atoms with Crippen molar-refractivity contribution in [2.75, 3.05) is 18.4 Å². The van der Waals surface area contributed by atoms with E-state index >= 15 is 0 Å². The van der Waals surface area contributed by atoms with Crippen LogP contribution in [0.1, 0.15) is 47.8 Å². The van der Waals surface area contributed by atoms with E-state index in [1.54, 1.807) is 22.0 Å². The number of benzene rings is 1. The number of hydrogen-bond acceptors (Lipinski definition) is 5. The van der Waals surface area contributed by atoms with Crippen molar-refractivity contribution < 1.29 is 9.59 Å². The molecule has 168 valence electrons. The molecule has 3 amide bonds. The molecule has 3 aromatic rings. The first-order chi connectivity index (χ1) is 15.4. The van der Waals surface area contributed by atoms with E-state index in [0.717, 1.165) is 17.4 Å². The molecule has 4 rings (SSSR count). The number of anilines is 1. The molecule has 0 unspecified atom stereocenters. The van der Waals surface area contributed by atoms with Crippen LogP contribution in [-0.4, -0.2) is 50.7 Å². The Morgan fingerprint density at radius 1 is 1.25 bits per heavy atom. The number of likely N-dealkylation sites (tertiary alicyclic amines) is 1. The fourth-order valence-corrected chi connectivity index (χ4v) is 4.08. The predicted octanol–water partition coefficient (Wildman–Crippen LogP) is 2.82. The summed E-state index contributed by atoms with van der Waals surface area (Å²) in [6.45, 7) is 7.73. The summed E-state index contributed by atoms with van der Waals surface area (Å²) in [5, 5.41) is 11.7. The highest BCUT2D eigenvalue weighted by atomic mass is 16.2. The Hall–Kier alpha value is -3.62. The Balaban J connectivity index is 1.64. The zero-order valence-corrected chi connectivity index (χ0v) is 18.6. The summed E-state index contributed by atoms with van der Waals surface area (Å²) in [6.07, 6.45) is 4.07. The fourth-order valence-electron chi connectivity index (χ4n) is 4.08. The third-order valence-electron chi connectivity index (χ3n) is 5.98. The lowest BCUT2D eigenvalue weighted by Gasteiger charge is -2.20. The van der Waals surface area contributed by atoms with Crippen molar-refractivity contribution in [1.29, 1.82) is 0 Å². The average molecular weight is 436 g/mol. The van der Waals surface area contributed by atoms with Crippen molar-refractivity contribution in [2.24, 2.45) is 5.73 Å². The van der Waals surface area contributed by atoms with Crippen molar-refractivity contribution in [3.05, 3.63) is 53.3 Å². The second-order valence-electron chi connectivity index (χ2n) is 8.26. The zero-order valence-electron chi connectivity index (χ0n) is 18.6. The minimum atomic E-state index is -0.433. The number of urea groups is 1. The van der Waals surface area contributed by atoms with E-state index in [-0.39, 0.29) is 18.0 Å². The Morgan fingerprint density at radius 2 is 2.00 bits per heavy atom. The first-order valence-corrected chi connectivity index (χ1v) is 10.9. The normalized spacial score (nSPS) is 16.8. The maximum Gasteiger partial charge on any atom is 0.314 e. The smallest absolute Gasteiger partial charge is 0.314 e. The van der Waals surface area contributed by atoms with Gasteiger partial charge in [-0.1, -0.05) is 29.8 Å². The highest BCUT2D eigenvalue weighted by Gasteiger charge is 2.27. The van der Waals surface area contributed by atoms with Gasteiger partial charge in [0.25, 0.3) is 5.91 Å². The van der Waals surface area contributed by atoms with Gasteiger partial charge in [-0.25, -0.2) is 14.5 Å². The first-order valence-electron chi connectivity index (χ1n) is 10.9. The number of pyridine rings is 1. The van der Waals surface area contributed by atoms with Gasteiger partial charge in [0, 0.05) is 31.9 Å². The second-order valence-corrected chi connectivity index (χ2v) is 8.26. The molecule has 1 aliphatic heterocycles. The first kappa shape index (κ1) is 21.6. The molecule has 1 fully saturated rings. The van der Waals surface area contributed by atoms with Crippen LogP contribution >= 0.6 is 0 Å². The Labute approximate surface area is 187 Å². The van der Waals surface area contributed by atoms with E-state index in [9.17, 15) is 9.59 Å². The van der Waals surface area contributed by atoms with E-state index in [2.05, 4.69) is 20.7 Å². The number of fused-ring (bicyclic) bond motifs is 1. The second kappa shape index (κ2) is 8.86. The van der Waals surface area contributed by atoms with Crippen molar-refractivity contribution in [3.8, 4) is 0 Å². The third-order valence-corrected chi connectivity index (χ3v) is 5.98. The maximum absolute atomic E-state index is 13.3. The Kier molecular flexibility index (Phi) is 5.98. The summed E-state index contributed by atoms with van der Waals surface area (Å²) in [6, 6.07) is 7.48. The molecular formula is C23H29N7O2. The molecule has 0 spiro atoms. The molecule has 3 heterocycles. The van der Waals surface area contributed by atoms with Gasteiger partial charge in [0.15, 0.2) is 5.65 Å². The zero-order chi connectivity index (χ0) is 22.8. The van der Waals surface area contributed by atoms with E-state index in [4.69, 9.17) is 5.73 Å². The average Bonchev–Trinajstić information content (AvgIpc) is 3.41. The van der Waals surface area contributed by atoms with Gasteiger partial charge in [0.1, 0.15) is 0 Å². The van der Waals surface area contributed by atoms with Crippen molar-refractivity contribution in [3.63, 3.8) is 0 Å². The quantitative estimate of drug-likeness (QED) is 0.550. The molecule has 2 atom stereocenters. The Bertz CT molecular complexity index is 1140. The molecule has 0 saturated carbocycles. The largest absolute Gasteiger partial charge is 0.379 e. The number of carbonyl (C=O) groups is 2. The standard InChI is InChI=1S/C23H29N7O2/c1-4-30-21-18(12-26-30)20(28-17-9-10-29(13-17)23(24)32)19(11-25-21)22(31)27-15(3)16-7-5-14(2)6-8-16/h5-8,11-12,15,17H,4,9-10,13H2,1-3H3,(H2,24,32)(H,25,28)(H,27,31)/t15-,17+/m1/s1. The number of primary amides is 1. The fraction of sp³-hybridized carbons (Fsp3) is 0.391. The minimum absolute atomic E-state index is 0.0147. The summed E-state index contributed by atoms with van der Waals surface area (Å²) < 4.78 is 1.79. The number of rotatable bonds is 6. The molecule has 1 saturated heterocycles. The number of nitrogens with zero attached hydrogens (tertiary/aromatic N) is 4. The number of carbonyl (C=O) groups excluding carboxylic acids is 2. The highest BCUT2D eigenvalue weighted by molar-refractivity contribution is 6.06. The third kappa shape index (κ3) is 4.23. The minimum Gasteiger partial charge on any atom is -0.379 e. The van der Waals surface area contributed by atoms with Gasteiger partial charge in [-0.2, -0.15) is 5.10 Å². The van der Waals surface area contributed by atoms with Gasteiger partial charge < -0.3 is 21.3 Å². The molecular weight excluding hydrogens is 406 g/mol. The van der Waals surface area contributed by atoms with Crippen LogP contribution in [0.3, 0.4) is 0 Å². The van der Waals surface area contributed by atoms with Crippen molar-refractivity contribution in [1.82, 2.24) is 25.0 Å².